The highest BCUT2D eigenvalue weighted by atomic mass is 19.4. The van der Waals surface area contributed by atoms with Crippen molar-refractivity contribution in [1.29, 1.82) is 0 Å². The number of aromatic nitrogens is 1. The molecular weight excluding hydrogens is 225 g/mol. The van der Waals surface area contributed by atoms with Gasteiger partial charge in [0.25, 0.3) is 0 Å². The van der Waals surface area contributed by atoms with Gasteiger partial charge in [-0.05, 0) is 24.1 Å². The van der Waals surface area contributed by atoms with E-state index in [-0.39, 0.29) is 0 Å². The largest absolute Gasteiger partial charge is 0.734 e. The van der Waals surface area contributed by atoms with E-state index in [4.69, 9.17) is 5.21 Å². The molecule has 1 heterocycles. The fraction of sp³-hybridized carbons (Fsp3) is 0.222. The Morgan fingerprint density at radius 3 is 2.50 bits per heavy atom. The van der Waals surface area contributed by atoms with Crippen molar-refractivity contribution in [1.82, 2.24) is 10.2 Å². The molecule has 0 aliphatic carbocycles. The predicted molar refractivity (Wildman–Crippen MR) is 49.9 cm³/mol. The van der Waals surface area contributed by atoms with Crippen LogP contribution in [0.1, 0.15) is 18.2 Å². The van der Waals surface area contributed by atoms with Crippen LogP contribution < -0.4 is 0 Å². The van der Waals surface area contributed by atoms with Crippen molar-refractivity contribution in [3.63, 3.8) is 0 Å². The van der Waals surface area contributed by atoms with Crippen LogP contribution in [0.2, 0.25) is 0 Å². The number of alkyl halides is 3. The first-order valence-corrected chi connectivity index (χ1v) is 4.18. The Kier molecular flexibility index (Phi) is 3.51. The molecule has 0 aromatic carbocycles. The number of allylic oxidation sites excluding steroid dienone is 1. The van der Waals surface area contributed by atoms with Crippen molar-refractivity contribution in [3.05, 3.63) is 41.0 Å². The van der Waals surface area contributed by atoms with Crippen LogP contribution in [-0.2, 0) is 6.18 Å². The predicted octanol–water partition coefficient (Wildman–Crippen LogP) is 2.65. The first-order chi connectivity index (χ1) is 7.30. The van der Waals surface area contributed by atoms with Gasteiger partial charge in [0, 0.05) is 12.4 Å². The Morgan fingerprint density at radius 2 is 2.12 bits per heavy atom. The molecule has 0 unspecified atom stereocenters. The normalized spacial score (nSPS) is 12.8. The van der Waals surface area contributed by atoms with E-state index in [0.29, 0.717) is 11.1 Å². The maximum absolute atomic E-state index is 12.2. The minimum atomic E-state index is -4.49. The van der Waals surface area contributed by atoms with E-state index in [0.717, 1.165) is 18.5 Å². The van der Waals surface area contributed by atoms with E-state index in [2.05, 4.69) is 4.98 Å². The first kappa shape index (κ1) is 12.5. The van der Waals surface area contributed by atoms with Crippen LogP contribution >= 0.6 is 0 Å². The fourth-order valence-electron chi connectivity index (χ4n) is 1.04. The van der Waals surface area contributed by atoms with Crippen LogP contribution in [0.25, 0.3) is 5.57 Å². The number of rotatable bonds is 2. The molecule has 7 heteroatoms. The van der Waals surface area contributed by atoms with Crippen molar-refractivity contribution in [2.24, 2.45) is 0 Å². The van der Waals surface area contributed by atoms with Gasteiger partial charge in [-0.1, -0.05) is 6.07 Å². The van der Waals surface area contributed by atoms with Crippen LogP contribution in [-0.4, -0.2) is 15.4 Å². The Bertz CT molecular complexity index is 385. The van der Waals surface area contributed by atoms with E-state index in [1.54, 1.807) is 0 Å². The topological polar surface area (TPSA) is 59.4 Å². The summed E-state index contributed by atoms with van der Waals surface area (Å²) in [6.07, 6.45) is -2.68. The Morgan fingerprint density at radius 1 is 1.50 bits per heavy atom. The van der Waals surface area contributed by atoms with Crippen LogP contribution in [0.4, 0.5) is 13.2 Å². The lowest BCUT2D eigenvalue weighted by molar-refractivity contribution is -0.141. The summed E-state index contributed by atoms with van der Waals surface area (Å²) in [7, 11) is 0. The van der Waals surface area contributed by atoms with Crippen LogP contribution in [0, 0.1) is 5.21 Å². The summed E-state index contributed by atoms with van der Waals surface area (Å²) in [5, 5.41) is 18.2. The molecule has 0 bridgehead atoms. The van der Waals surface area contributed by atoms with Gasteiger partial charge in [0.05, 0.1) is 0 Å². The quantitative estimate of drug-likeness (QED) is 0.797. The highest BCUT2D eigenvalue weighted by Crippen LogP contribution is 2.27. The number of hydroxylamine groups is 2. The average Bonchev–Trinajstić information content (AvgIpc) is 2.15. The molecule has 1 aromatic rings. The van der Waals surface area contributed by atoms with Crippen molar-refractivity contribution >= 4 is 5.57 Å². The van der Waals surface area contributed by atoms with Crippen molar-refractivity contribution in [2.45, 2.75) is 13.1 Å². The highest BCUT2D eigenvalue weighted by molar-refractivity contribution is 5.62. The van der Waals surface area contributed by atoms with Gasteiger partial charge in [-0.15, -0.1) is 0 Å². The molecule has 0 radical (unpaired) electrons. The summed E-state index contributed by atoms with van der Waals surface area (Å²) in [6, 6.07) is 1.98. The second kappa shape index (κ2) is 4.50. The summed E-state index contributed by atoms with van der Waals surface area (Å²) in [5.41, 5.74) is -0.381. The van der Waals surface area contributed by atoms with Gasteiger partial charge in [-0.2, -0.15) is 13.2 Å². The van der Waals surface area contributed by atoms with E-state index >= 15 is 0 Å². The Labute approximate surface area is 89.2 Å². The van der Waals surface area contributed by atoms with Crippen LogP contribution in [0.15, 0.2) is 24.5 Å². The lowest BCUT2D eigenvalue weighted by Crippen LogP contribution is -2.07. The second-order valence-corrected chi connectivity index (χ2v) is 3.04. The lowest BCUT2D eigenvalue weighted by Gasteiger charge is -2.17. The molecule has 0 atom stereocenters. The van der Waals surface area contributed by atoms with Gasteiger partial charge in [-0.25, -0.2) is 0 Å². The molecule has 1 rings (SSSR count). The molecule has 4 nitrogen and oxygen atoms in total. The number of pyridine rings is 1. The zero-order valence-electron chi connectivity index (χ0n) is 8.19. The zero-order valence-corrected chi connectivity index (χ0v) is 8.19. The maximum atomic E-state index is 12.2. The maximum Gasteiger partial charge on any atom is 0.433 e. The van der Waals surface area contributed by atoms with Gasteiger partial charge in [0.1, 0.15) is 5.69 Å². The molecule has 1 N–H and O–H groups in total. The van der Waals surface area contributed by atoms with Crippen molar-refractivity contribution in [2.75, 3.05) is 0 Å². The van der Waals surface area contributed by atoms with Crippen LogP contribution in [0.3, 0.4) is 0 Å². The molecule has 0 aliphatic rings. The lowest BCUT2D eigenvalue weighted by atomic mass is 10.1. The van der Waals surface area contributed by atoms with Gasteiger partial charge >= 0.3 is 6.18 Å². The molecule has 1 aromatic heterocycles. The standard InChI is InChI=1S/C9H8F3N2O2/c1-6(5-14(15)16)7-2-3-8(13-4-7)9(10,11)12/h2-5,15H,1H3/q-1/b6-5+. The molecule has 0 fully saturated rings. The van der Waals surface area contributed by atoms with Crippen molar-refractivity contribution in [3.8, 4) is 0 Å². The number of hydrogen-bond acceptors (Lipinski definition) is 4. The second-order valence-electron chi connectivity index (χ2n) is 3.04. The first-order valence-electron chi connectivity index (χ1n) is 4.18. The summed E-state index contributed by atoms with van der Waals surface area (Å²) in [5.74, 6) is 0. The van der Waals surface area contributed by atoms with Gasteiger partial charge in [0.15, 0.2) is 0 Å². The average molecular weight is 233 g/mol. The molecule has 0 aliphatic heterocycles. The zero-order chi connectivity index (χ0) is 12.3. The minimum absolute atomic E-state index is 0.304. The Hall–Kier alpha value is -1.60. The third-order valence-corrected chi connectivity index (χ3v) is 1.81. The highest BCUT2D eigenvalue weighted by Gasteiger charge is 2.31. The smallest absolute Gasteiger partial charge is 0.433 e. The van der Waals surface area contributed by atoms with Gasteiger partial charge in [0.2, 0.25) is 0 Å². The Balaban J connectivity index is 2.96. The number of halogens is 3. The van der Waals surface area contributed by atoms with E-state index < -0.39 is 17.1 Å². The SMILES string of the molecule is C/C(=C\N([O-])O)c1ccc(C(F)(F)F)nc1. The van der Waals surface area contributed by atoms with Gasteiger partial charge < -0.3 is 10.4 Å². The molecule has 16 heavy (non-hydrogen) atoms. The van der Waals surface area contributed by atoms with E-state index in [1.165, 1.54) is 13.0 Å². The van der Waals surface area contributed by atoms with Gasteiger partial charge in [-0.3, -0.25) is 10.2 Å². The summed E-state index contributed by atoms with van der Waals surface area (Å²) >= 11 is 0. The third-order valence-electron chi connectivity index (χ3n) is 1.81. The number of nitrogens with zero attached hydrogens (tertiary/aromatic N) is 2. The number of hydrogen-bond donors (Lipinski definition) is 1. The molecule has 88 valence electrons. The summed E-state index contributed by atoms with van der Waals surface area (Å²) in [6.45, 7) is 1.46. The summed E-state index contributed by atoms with van der Waals surface area (Å²) < 4.78 is 36.5. The molecular formula is C9H8F3N2O2-. The fourth-order valence-corrected chi connectivity index (χ4v) is 1.04. The molecule has 0 saturated heterocycles. The molecule has 0 spiro atoms. The van der Waals surface area contributed by atoms with E-state index in [9.17, 15) is 18.4 Å². The van der Waals surface area contributed by atoms with Crippen LogP contribution in [0.5, 0.6) is 0 Å². The summed E-state index contributed by atoms with van der Waals surface area (Å²) in [4.78, 5) is 3.21. The molecule has 0 amide bonds. The van der Waals surface area contributed by atoms with Crippen molar-refractivity contribution < 1.29 is 18.4 Å². The monoisotopic (exact) mass is 233 g/mol. The van der Waals surface area contributed by atoms with E-state index in [1.807, 2.05) is 0 Å². The molecule has 0 saturated carbocycles. The third kappa shape index (κ3) is 3.21. The minimum Gasteiger partial charge on any atom is -0.734 e.